The van der Waals surface area contributed by atoms with Crippen LogP contribution in [0, 0.1) is 11.8 Å². The van der Waals surface area contributed by atoms with Gasteiger partial charge in [0.25, 0.3) is 0 Å². The maximum absolute atomic E-state index is 12.0. The van der Waals surface area contributed by atoms with Gasteiger partial charge in [-0.15, -0.1) is 0 Å². The van der Waals surface area contributed by atoms with Crippen LogP contribution in [0.15, 0.2) is 24.3 Å². The molecule has 1 aromatic rings. The molecule has 1 amide bonds. The van der Waals surface area contributed by atoms with Crippen LogP contribution in [0.2, 0.25) is 5.02 Å². The summed E-state index contributed by atoms with van der Waals surface area (Å²) >= 11 is 6.05. The lowest BCUT2D eigenvalue weighted by Crippen LogP contribution is -2.36. The van der Waals surface area contributed by atoms with E-state index in [0.29, 0.717) is 5.02 Å². The van der Waals surface area contributed by atoms with Gasteiger partial charge >= 0.3 is 5.97 Å². The Morgan fingerprint density at radius 3 is 2.26 bits per heavy atom. The topological polar surface area (TPSA) is 66.4 Å². The number of carboxylic acid groups (broad SMARTS) is 1. The fraction of sp³-hybridized carbons (Fsp3) is 0.429. The van der Waals surface area contributed by atoms with Gasteiger partial charge in [-0.3, -0.25) is 9.59 Å². The molecule has 0 heterocycles. The number of aliphatic carboxylic acids is 1. The van der Waals surface area contributed by atoms with E-state index in [0.717, 1.165) is 5.56 Å². The molecular weight excluding hydrogens is 266 g/mol. The molecule has 2 N–H and O–H groups in total. The summed E-state index contributed by atoms with van der Waals surface area (Å²) in [5.74, 6) is -2.59. The van der Waals surface area contributed by atoms with Crippen LogP contribution >= 0.6 is 11.6 Å². The minimum Gasteiger partial charge on any atom is -0.481 e. The smallest absolute Gasteiger partial charge is 0.307 e. The Morgan fingerprint density at radius 1 is 1.16 bits per heavy atom. The summed E-state index contributed by atoms with van der Waals surface area (Å²) < 4.78 is 0. The molecule has 0 aliphatic carbocycles. The first-order chi connectivity index (χ1) is 8.84. The number of carbonyl (C=O) groups is 2. The number of amides is 1. The summed E-state index contributed by atoms with van der Waals surface area (Å²) in [7, 11) is 0. The average molecular weight is 284 g/mol. The van der Waals surface area contributed by atoms with Crippen LogP contribution < -0.4 is 5.32 Å². The van der Waals surface area contributed by atoms with Crippen LogP contribution in [0.1, 0.15) is 32.4 Å². The van der Waals surface area contributed by atoms with Crippen LogP contribution in [-0.2, 0) is 9.59 Å². The molecule has 1 rings (SSSR count). The molecule has 5 heteroatoms. The van der Waals surface area contributed by atoms with E-state index in [4.69, 9.17) is 16.7 Å². The van der Waals surface area contributed by atoms with E-state index in [-0.39, 0.29) is 11.9 Å². The number of carboxylic acids is 1. The zero-order valence-electron chi connectivity index (χ0n) is 11.2. The first-order valence-electron chi connectivity index (χ1n) is 6.12. The quantitative estimate of drug-likeness (QED) is 0.873. The van der Waals surface area contributed by atoms with E-state index < -0.39 is 17.8 Å². The Hall–Kier alpha value is -1.55. The van der Waals surface area contributed by atoms with Crippen molar-refractivity contribution in [2.24, 2.45) is 11.8 Å². The third kappa shape index (κ3) is 3.96. The van der Waals surface area contributed by atoms with E-state index in [1.165, 1.54) is 6.92 Å². The van der Waals surface area contributed by atoms with Gasteiger partial charge in [0.15, 0.2) is 0 Å². The molecule has 0 aliphatic rings. The highest BCUT2D eigenvalue weighted by Gasteiger charge is 2.26. The highest BCUT2D eigenvalue weighted by atomic mass is 35.5. The Balaban J connectivity index is 2.72. The van der Waals surface area contributed by atoms with Gasteiger partial charge in [0.05, 0.1) is 12.0 Å². The summed E-state index contributed by atoms with van der Waals surface area (Å²) in [4.78, 5) is 22.8. The van der Waals surface area contributed by atoms with Crippen LogP contribution in [-0.4, -0.2) is 17.0 Å². The highest BCUT2D eigenvalue weighted by Crippen LogP contribution is 2.23. The largest absolute Gasteiger partial charge is 0.481 e. The van der Waals surface area contributed by atoms with Crippen molar-refractivity contribution in [3.8, 4) is 0 Å². The first kappa shape index (κ1) is 15.5. The van der Waals surface area contributed by atoms with E-state index in [9.17, 15) is 9.59 Å². The predicted molar refractivity (Wildman–Crippen MR) is 74.0 cm³/mol. The van der Waals surface area contributed by atoms with Crippen molar-refractivity contribution in [2.75, 3.05) is 0 Å². The zero-order valence-corrected chi connectivity index (χ0v) is 11.9. The average Bonchev–Trinajstić information content (AvgIpc) is 2.37. The van der Waals surface area contributed by atoms with E-state index >= 15 is 0 Å². The van der Waals surface area contributed by atoms with Crippen molar-refractivity contribution in [1.82, 2.24) is 5.32 Å². The molecule has 19 heavy (non-hydrogen) atoms. The molecule has 104 valence electrons. The second-order valence-electron chi connectivity index (χ2n) is 4.67. The number of carbonyl (C=O) groups excluding carboxylic acids is 1. The molecule has 3 unspecified atom stereocenters. The van der Waals surface area contributed by atoms with Gasteiger partial charge in [-0.25, -0.2) is 0 Å². The molecule has 1 aromatic carbocycles. The first-order valence-corrected chi connectivity index (χ1v) is 6.50. The lowest BCUT2D eigenvalue weighted by molar-refractivity contribution is -0.146. The summed E-state index contributed by atoms with van der Waals surface area (Å²) in [6.45, 7) is 4.94. The van der Waals surface area contributed by atoms with Crippen molar-refractivity contribution >= 4 is 23.5 Å². The normalized spacial score (nSPS) is 15.4. The number of halogens is 1. The van der Waals surface area contributed by atoms with Crippen molar-refractivity contribution in [1.29, 1.82) is 0 Å². The molecule has 0 radical (unpaired) electrons. The molecule has 0 aromatic heterocycles. The molecular formula is C14H18ClNO3. The van der Waals surface area contributed by atoms with Gasteiger partial charge in [0.1, 0.15) is 0 Å². The Morgan fingerprint density at radius 2 is 1.74 bits per heavy atom. The minimum atomic E-state index is -0.979. The third-order valence-corrected chi connectivity index (χ3v) is 3.63. The number of nitrogens with one attached hydrogen (secondary N) is 1. The van der Waals surface area contributed by atoms with Gasteiger partial charge in [0.2, 0.25) is 5.91 Å². The summed E-state index contributed by atoms with van der Waals surface area (Å²) in [5, 5.41) is 12.3. The van der Waals surface area contributed by atoms with Crippen LogP contribution in [0.5, 0.6) is 0 Å². The summed E-state index contributed by atoms with van der Waals surface area (Å²) in [6, 6.07) is 6.98. The Bertz CT molecular complexity index is 476. The molecule has 0 aliphatic heterocycles. The molecule has 0 bridgehead atoms. The zero-order chi connectivity index (χ0) is 14.6. The van der Waals surface area contributed by atoms with Crippen molar-refractivity contribution < 1.29 is 14.7 Å². The standard InChI is InChI=1S/C14H18ClNO3/c1-8(9(2)14(18)19)13(17)16-10(3)11-6-4-5-7-12(11)15/h4-10H,1-3H3,(H,16,17)(H,18,19). The molecule has 0 spiro atoms. The fourth-order valence-corrected chi connectivity index (χ4v) is 1.99. The summed E-state index contributed by atoms with van der Waals surface area (Å²) in [5.41, 5.74) is 0.813. The monoisotopic (exact) mass is 283 g/mol. The van der Waals surface area contributed by atoms with Crippen molar-refractivity contribution in [3.05, 3.63) is 34.9 Å². The van der Waals surface area contributed by atoms with Gasteiger partial charge in [-0.05, 0) is 18.6 Å². The van der Waals surface area contributed by atoms with Crippen molar-refractivity contribution in [3.63, 3.8) is 0 Å². The fourth-order valence-electron chi connectivity index (χ4n) is 1.69. The van der Waals surface area contributed by atoms with Crippen LogP contribution in [0.25, 0.3) is 0 Å². The van der Waals surface area contributed by atoms with Crippen LogP contribution in [0.4, 0.5) is 0 Å². The van der Waals surface area contributed by atoms with Gasteiger partial charge in [-0.2, -0.15) is 0 Å². The SMILES string of the molecule is CC(NC(=O)C(C)C(C)C(=O)O)c1ccccc1Cl. The molecule has 0 fully saturated rings. The maximum atomic E-state index is 12.0. The molecule has 0 saturated heterocycles. The summed E-state index contributed by atoms with van der Waals surface area (Å²) in [6.07, 6.45) is 0. The lowest BCUT2D eigenvalue weighted by Gasteiger charge is -2.20. The Kier molecular flexibility index (Phi) is 5.36. The second-order valence-corrected chi connectivity index (χ2v) is 5.07. The number of hydrogen-bond donors (Lipinski definition) is 2. The van der Waals surface area contributed by atoms with Gasteiger partial charge in [-0.1, -0.05) is 43.6 Å². The van der Waals surface area contributed by atoms with Gasteiger partial charge < -0.3 is 10.4 Å². The number of rotatable bonds is 5. The molecule has 4 nitrogen and oxygen atoms in total. The lowest BCUT2D eigenvalue weighted by atomic mass is 9.94. The van der Waals surface area contributed by atoms with E-state index in [1.54, 1.807) is 13.0 Å². The van der Waals surface area contributed by atoms with Crippen molar-refractivity contribution in [2.45, 2.75) is 26.8 Å². The van der Waals surface area contributed by atoms with E-state index in [2.05, 4.69) is 5.32 Å². The number of hydrogen-bond acceptors (Lipinski definition) is 2. The maximum Gasteiger partial charge on any atom is 0.307 e. The highest BCUT2D eigenvalue weighted by molar-refractivity contribution is 6.31. The molecule has 3 atom stereocenters. The minimum absolute atomic E-state index is 0.260. The van der Waals surface area contributed by atoms with Crippen LogP contribution in [0.3, 0.4) is 0 Å². The van der Waals surface area contributed by atoms with E-state index in [1.807, 2.05) is 25.1 Å². The predicted octanol–water partition coefficient (Wildman–Crippen LogP) is 2.87. The Labute approximate surface area is 117 Å². The van der Waals surface area contributed by atoms with Gasteiger partial charge in [0, 0.05) is 10.9 Å². The molecule has 0 saturated carbocycles. The third-order valence-electron chi connectivity index (χ3n) is 3.28. The second kappa shape index (κ2) is 6.57. The number of benzene rings is 1.